The van der Waals surface area contributed by atoms with Gasteiger partial charge in [-0.2, -0.15) is 0 Å². The van der Waals surface area contributed by atoms with Crippen LogP contribution in [0.3, 0.4) is 0 Å². The van der Waals surface area contributed by atoms with Crippen LogP contribution in [0.25, 0.3) is 0 Å². The monoisotopic (exact) mass is 276 g/mol. The highest BCUT2D eigenvalue weighted by Crippen LogP contribution is 2.20. The number of anilines is 2. The minimum absolute atomic E-state index is 0.0503. The van der Waals surface area contributed by atoms with Gasteiger partial charge in [0.2, 0.25) is 11.8 Å². The Bertz CT molecular complexity index is 498. The molecule has 3 N–H and O–H groups in total. The molecule has 0 aliphatic carbocycles. The maximum absolute atomic E-state index is 12.4. The summed E-state index contributed by atoms with van der Waals surface area (Å²) < 4.78 is 0. The van der Waals surface area contributed by atoms with E-state index in [0.717, 1.165) is 6.42 Å². The number of hydrogen-bond acceptors (Lipinski definition) is 4. The quantitative estimate of drug-likeness (QED) is 0.866. The molecule has 0 aromatic carbocycles. The Balaban J connectivity index is 2.11. The van der Waals surface area contributed by atoms with Gasteiger partial charge >= 0.3 is 0 Å². The molecule has 1 aromatic rings. The fraction of sp³-hybridized carbons (Fsp3) is 0.500. The Labute approximate surface area is 118 Å². The normalized spacial score (nSPS) is 16.6. The first-order valence-electron chi connectivity index (χ1n) is 6.81. The molecule has 0 saturated carbocycles. The fourth-order valence-corrected chi connectivity index (χ4v) is 2.46. The standard InChI is InChI=1S/C14H20N4O2/c1-9(2)13(18-7-3-4-12(18)19)14(20)17-10-5-6-11(15)16-8-10/h5-6,8-9,13H,3-4,7H2,1-2H3,(H2,15,16)(H,17,20). The summed E-state index contributed by atoms with van der Waals surface area (Å²) in [5.74, 6) is 0.327. The van der Waals surface area contributed by atoms with E-state index in [1.807, 2.05) is 13.8 Å². The van der Waals surface area contributed by atoms with Crippen LogP contribution in [-0.2, 0) is 9.59 Å². The number of nitrogens with two attached hydrogens (primary N) is 1. The van der Waals surface area contributed by atoms with Gasteiger partial charge in [-0.3, -0.25) is 9.59 Å². The second kappa shape index (κ2) is 5.90. The maximum Gasteiger partial charge on any atom is 0.247 e. The largest absolute Gasteiger partial charge is 0.384 e. The van der Waals surface area contributed by atoms with E-state index in [4.69, 9.17) is 5.73 Å². The molecule has 2 heterocycles. The zero-order chi connectivity index (χ0) is 14.7. The summed E-state index contributed by atoms with van der Waals surface area (Å²) in [6, 6.07) is 2.88. The van der Waals surface area contributed by atoms with Crippen LogP contribution in [0, 0.1) is 5.92 Å². The first-order chi connectivity index (χ1) is 9.49. The SMILES string of the molecule is CC(C)C(C(=O)Nc1ccc(N)nc1)N1CCCC1=O. The van der Waals surface area contributed by atoms with Crippen LogP contribution in [0.2, 0.25) is 0 Å². The van der Waals surface area contributed by atoms with E-state index < -0.39 is 6.04 Å². The number of rotatable bonds is 4. The van der Waals surface area contributed by atoms with Gasteiger partial charge in [-0.05, 0) is 24.5 Å². The molecule has 1 unspecified atom stereocenters. The fourth-order valence-electron chi connectivity index (χ4n) is 2.46. The number of likely N-dealkylation sites (tertiary alicyclic amines) is 1. The highest BCUT2D eigenvalue weighted by Gasteiger charge is 2.34. The third-order valence-corrected chi connectivity index (χ3v) is 3.40. The second-order valence-electron chi connectivity index (χ2n) is 5.34. The summed E-state index contributed by atoms with van der Waals surface area (Å²) in [5, 5.41) is 2.80. The van der Waals surface area contributed by atoms with Gasteiger partial charge in [0, 0.05) is 13.0 Å². The third kappa shape index (κ3) is 3.07. The lowest BCUT2D eigenvalue weighted by atomic mass is 10.0. The number of nitrogens with zero attached hydrogens (tertiary/aromatic N) is 2. The van der Waals surface area contributed by atoms with Crippen LogP contribution < -0.4 is 11.1 Å². The van der Waals surface area contributed by atoms with Crippen molar-refractivity contribution in [3.8, 4) is 0 Å². The number of carbonyl (C=O) groups is 2. The van der Waals surface area contributed by atoms with Gasteiger partial charge in [0.15, 0.2) is 0 Å². The zero-order valence-corrected chi connectivity index (χ0v) is 11.8. The molecule has 1 aliphatic heterocycles. The Morgan fingerprint density at radius 1 is 1.45 bits per heavy atom. The highest BCUT2D eigenvalue weighted by atomic mass is 16.2. The summed E-state index contributed by atoms with van der Waals surface area (Å²) >= 11 is 0. The molecule has 6 nitrogen and oxygen atoms in total. The van der Waals surface area contributed by atoms with Gasteiger partial charge < -0.3 is 16.0 Å². The van der Waals surface area contributed by atoms with Gasteiger partial charge in [0.05, 0.1) is 11.9 Å². The summed E-state index contributed by atoms with van der Waals surface area (Å²) in [6.07, 6.45) is 2.86. The second-order valence-corrected chi connectivity index (χ2v) is 5.34. The Morgan fingerprint density at radius 2 is 2.20 bits per heavy atom. The molecule has 0 bridgehead atoms. The molecule has 1 aliphatic rings. The van der Waals surface area contributed by atoms with Gasteiger partial charge in [-0.25, -0.2) is 4.98 Å². The van der Waals surface area contributed by atoms with Gasteiger partial charge in [0.25, 0.3) is 0 Å². The summed E-state index contributed by atoms with van der Waals surface area (Å²) in [6.45, 7) is 4.53. The molecule has 1 saturated heterocycles. The lowest BCUT2D eigenvalue weighted by Gasteiger charge is -2.29. The summed E-state index contributed by atoms with van der Waals surface area (Å²) in [7, 11) is 0. The van der Waals surface area contributed by atoms with Crippen LogP contribution in [0.5, 0.6) is 0 Å². The molecule has 0 spiro atoms. The average Bonchev–Trinajstić information content (AvgIpc) is 2.78. The minimum Gasteiger partial charge on any atom is -0.384 e. The van der Waals surface area contributed by atoms with Crippen molar-refractivity contribution in [3.63, 3.8) is 0 Å². The van der Waals surface area contributed by atoms with Crippen molar-refractivity contribution in [1.82, 2.24) is 9.88 Å². The smallest absolute Gasteiger partial charge is 0.247 e. The van der Waals surface area contributed by atoms with Crippen molar-refractivity contribution in [2.45, 2.75) is 32.7 Å². The lowest BCUT2D eigenvalue weighted by Crippen LogP contribution is -2.47. The van der Waals surface area contributed by atoms with Crippen molar-refractivity contribution in [3.05, 3.63) is 18.3 Å². The Kier molecular flexibility index (Phi) is 4.22. The van der Waals surface area contributed by atoms with Crippen LogP contribution in [0.15, 0.2) is 18.3 Å². The molecule has 1 aromatic heterocycles. The zero-order valence-electron chi connectivity index (χ0n) is 11.8. The van der Waals surface area contributed by atoms with Crippen molar-refractivity contribution in [2.24, 2.45) is 5.92 Å². The van der Waals surface area contributed by atoms with Crippen molar-refractivity contribution < 1.29 is 9.59 Å². The number of carbonyl (C=O) groups excluding carboxylic acids is 2. The first-order valence-corrected chi connectivity index (χ1v) is 6.81. The van der Waals surface area contributed by atoms with Gasteiger partial charge in [-0.1, -0.05) is 13.8 Å². The number of hydrogen-bond donors (Lipinski definition) is 2. The highest BCUT2D eigenvalue weighted by molar-refractivity contribution is 5.97. The predicted molar refractivity (Wildman–Crippen MR) is 76.9 cm³/mol. The number of amides is 2. The number of nitrogens with one attached hydrogen (secondary N) is 1. The topological polar surface area (TPSA) is 88.3 Å². The molecule has 108 valence electrons. The molecule has 2 amide bonds. The molecule has 0 radical (unpaired) electrons. The van der Waals surface area contributed by atoms with Gasteiger partial charge in [-0.15, -0.1) is 0 Å². The van der Waals surface area contributed by atoms with Crippen LogP contribution in [0.1, 0.15) is 26.7 Å². The van der Waals surface area contributed by atoms with Crippen LogP contribution >= 0.6 is 0 Å². The first kappa shape index (κ1) is 14.3. The van der Waals surface area contributed by atoms with E-state index in [1.54, 1.807) is 17.0 Å². The molecule has 1 fully saturated rings. The number of aromatic nitrogens is 1. The van der Waals surface area contributed by atoms with Crippen molar-refractivity contribution in [1.29, 1.82) is 0 Å². The van der Waals surface area contributed by atoms with Gasteiger partial charge in [0.1, 0.15) is 11.9 Å². The minimum atomic E-state index is -0.442. The summed E-state index contributed by atoms with van der Waals surface area (Å²) in [5.41, 5.74) is 6.09. The number of nitrogen functional groups attached to an aromatic ring is 1. The third-order valence-electron chi connectivity index (χ3n) is 3.40. The molecular formula is C14H20N4O2. The number of pyridine rings is 1. The van der Waals surface area contributed by atoms with E-state index in [2.05, 4.69) is 10.3 Å². The molecule has 6 heteroatoms. The molecular weight excluding hydrogens is 256 g/mol. The van der Waals surface area contributed by atoms with Crippen LogP contribution in [-0.4, -0.2) is 34.3 Å². The van der Waals surface area contributed by atoms with E-state index in [1.165, 1.54) is 6.20 Å². The molecule has 1 atom stereocenters. The van der Waals surface area contributed by atoms with Crippen molar-refractivity contribution in [2.75, 3.05) is 17.6 Å². The maximum atomic E-state index is 12.4. The summed E-state index contributed by atoms with van der Waals surface area (Å²) in [4.78, 5) is 29.8. The molecule has 20 heavy (non-hydrogen) atoms. The Morgan fingerprint density at radius 3 is 2.70 bits per heavy atom. The van der Waals surface area contributed by atoms with E-state index >= 15 is 0 Å². The average molecular weight is 276 g/mol. The van der Waals surface area contributed by atoms with E-state index in [-0.39, 0.29) is 17.7 Å². The molecule has 2 rings (SSSR count). The Hall–Kier alpha value is -2.11. The van der Waals surface area contributed by atoms with E-state index in [9.17, 15) is 9.59 Å². The van der Waals surface area contributed by atoms with Crippen LogP contribution in [0.4, 0.5) is 11.5 Å². The van der Waals surface area contributed by atoms with Crippen molar-refractivity contribution >= 4 is 23.3 Å². The lowest BCUT2D eigenvalue weighted by molar-refractivity contribution is -0.136. The predicted octanol–water partition coefficient (Wildman–Crippen LogP) is 1.25. The van der Waals surface area contributed by atoms with E-state index in [0.29, 0.717) is 24.5 Å².